The minimum absolute atomic E-state index is 0.346. The van der Waals surface area contributed by atoms with Crippen LogP contribution in [0.15, 0.2) is 36.4 Å². The van der Waals surface area contributed by atoms with E-state index < -0.39 is 0 Å². The van der Waals surface area contributed by atoms with Gasteiger partial charge in [-0.3, -0.25) is 4.98 Å². The van der Waals surface area contributed by atoms with E-state index in [4.69, 9.17) is 4.74 Å². The molecule has 3 nitrogen and oxygen atoms in total. The van der Waals surface area contributed by atoms with Gasteiger partial charge in [0.1, 0.15) is 0 Å². The number of benzene rings is 1. The van der Waals surface area contributed by atoms with Crippen LogP contribution in [0.2, 0.25) is 0 Å². The molecule has 0 radical (unpaired) electrons. The van der Waals surface area contributed by atoms with Gasteiger partial charge in [0.15, 0.2) is 0 Å². The molecule has 0 aliphatic heterocycles. The van der Waals surface area contributed by atoms with Gasteiger partial charge < -0.3 is 4.74 Å². The van der Waals surface area contributed by atoms with Crippen molar-refractivity contribution in [3.8, 4) is 11.3 Å². The first-order chi connectivity index (χ1) is 10.2. The van der Waals surface area contributed by atoms with Gasteiger partial charge in [0.05, 0.1) is 24.1 Å². The first-order valence-corrected chi connectivity index (χ1v) is 7.31. The molecule has 0 bridgehead atoms. The van der Waals surface area contributed by atoms with E-state index in [2.05, 4.69) is 36.2 Å². The average molecular weight is 283 g/mol. The van der Waals surface area contributed by atoms with Crippen molar-refractivity contribution in [1.29, 1.82) is 0 Å². The number of aromatic nitrogens is 1. The number of rotatable bonds is 5. The highest BCUT2D eigenvalue weighted by Crippen LogP contribution is 2.20. The van der Waals surface area contributed by atoms with E-state index in [0.717, 1.165) is 17.7 Å². The van der Waals surface area contributed by atoms with Gasteiger partial charge in [-0.05, 0) is 37.5 Å². The number of methoxy groups -OCH3 is 1. The van der Waals surface area contributed by atoms with Crippen LogP contribution in [0.1, 0.15) is 41.4 Å². The Morgan fingerprint density at radius 3 is 2.43 bits per heavy atom. The molecule has 0 fully saturated rings. The maximum atomic E-state index is 11.6. The Morgan fingerprint density at radius 2 is 1.86 bits per heavy atom. The second-order valence-corrected chi connectivity index (χ2v) is 5.12. The third kappa shape index (κ3) is 3.69. The number of hydrogen-bond donors (Lipinski definition) is 0. The molecule has 1 aromatic carbocycles. The van der Waals surface area contributed by atoms with E-state index in [1.807, 2.05) is 13.0 Å². The molecule has 0 saturated carbocycles. The number of nitrogens with zero attached hydrogens (tertiary/aromatic N) is 1. The molecule has 0 amide bonds. The van der Waals surface area contributed by atoms with Crippen LogP contribution in [0.5, 0.6) is 0 Å². The van der Waals surface area contributed by atoms with Crippen molar-refractivity contribution in [2.24, 2.45) is 0 Å². The predicted octanol–water partition coefficient (Wildman–Crippen LogP) is 4.19. The van der Waals surface area contributed by atoms with Gasteiger partial charge in [-0.1, -0.05) is 37.6 Å². The lowest BCUT2D eigenvalue weighted by molar-refractivity contribution is 0.0599. The van der Waals surface area contributed by atoms with E-state index in [0.29, 0.717) is 11.3 Å². The number of ether oxygens (including phenoxy) is 1. The standard InChI is InChI=1S/C18H21NO2/c1-4-5-6-14-7-9-15(10-8-14)17-12-11-16(13(2)19-17)18(20)21-3/h7-12H,4-6H2,1-3H3. The lowest BCUT2D eigenvalue weighted by Crippen LogP contribution is -2.05. The summed E-state index contributed by atoms with van der Waals surface area (Å²) in [4.78, 5) is 16.1. The topological polar surface area (TPSA) is 39.2 Å². The fourth-order valence-corrected chi connectivity index (χ4v) is 2.27. The molecule has 0 unspecified atom stereocenters. The van der Waals surface area contributed by atoms with Gasteiger partial charge >= 0.3 is 5.97 Å². The van der Waals surface area contributed by atoms with E-state index in [-0.39, 0.29) is 5.97 Å². The third-order valence-corrected chi connectivity index (χ3v) is 3.56. The highest BCUT2D eigenvalue weighted by molar-refractivity contribution is 5.90. The second-order valence-electron chi connectivity index (χ2n) is 5.12. The molecule has 1 heterocycles. The van der Waals surface area contributed by atoms with E-state index in [9.17, 15) is 4.79 Å². The molecule has 0 aliphatic carbocycles. The maximum absolute atomic E-state index is 11.6. The molecule has 2 aromatic rings. The Labute approximate surface area is 126 Å². The minimum atomic E-state index is -0.346. The Balaban J connectivity index is 2.22. The quantitative estimate of drug-likeness (QED) is 0.772. The van der Waals surface area contributed by atoms with E-state index in [1.165, 1.54) is 25.5 Å². The zero-order valence-electron chi connectivity index (χ0n) is 12.8. The summed E-state index contributed by atoms with van der Waals surface area (Å²) in [6.45, 7) is 4.02. The fourth-order valence-electron chi connectivity index (χ4n) is 2.27. The van der Waals surface area contributed by atoms with Crippen LogP contribution in [0, 0.1) is 6.92 Å². The van der Waals surface area contributed by atoms with Crippen LogP contribution >= 0.6 is 0 Å². The highest BCUT2D eigenvalue weighted by atomic mass is 16.5. The summed E-state index contributed by atoms with van der Waals surface area (Å²) in [5.41, 5.74) is 4.50. The van der Waals surface area contributed by atoms with E-state index in [1.54, 1.807) is 6.07 Å². The average Bonchev–Trinajstić information content (AvgIpc) is 2.52. The first-order valence-electron chi connectivity index (χ1n) is 7.31. The minimum Gasteiger partial charge on any atom is -0.465 e. The molecule has 0 aliphatic rings. The molecular formula is C18H21NO2. The van der Waals surface area contributed by atoms with Crippen LogP contribution in [0.25, 0.3) is 11.3 Å². The zero-order valence-corrected chi connectivity index (χ0v) is 12.8. The molecule has 0 spiro atoms. The molecule has 2 rings (SSSR count). The normalized spacial score (nSPS) is 10.4. The highest BCUT2D eigenvalue weighted by Gasteiger charge is 2.11. The first kappa shape index (κ1) is 15.2. The molecule has 110 valence electrons. The molecule has 0 atom stereocenters. The van der Waals surface area contributed by atoms with Crippen LogP contribution in [-0.4, -0.2) is 18.1 Å². The Bertz CT molecular complexity index is 618. The van der Waals surface area contributed by atoms with Crippen molar-refractivity contribution < 1.29 is 9.53 Å². The van der Waals surface area contributed by atoms with Crippen molar-refractivity contribution in [2.75, 3.05) is 7.11 Å². The van der Waals surface area contributed by atoms with Crippen molar-refractivity contribution in [3.63, 3.8) is 0 Å². The molecule has 1 aromatic heterocycles. The Morgan fingerprint density at radius 1 is 1.14 bits per heavy atom. The fraction of sp³-hybridized carbons (Fsp3) is 0.333. The smallest absolute Gasteiger partial charge is 0.339 e. The zero-order chi connectivity index (χ0) is 15.2. The lowest BCUT2D eigenvalue weighted by Gasteiger charge is -2.07. The second kappa shape index (κ2) is 7.02. The maximum Gasteiger partial charge on any atom is 0.339 e. The van der Waals surface area contributed by atoms with Gasteiger partial charge in [-0.15, -0.1) is 0 Å². The number of aryl methyl sites for hydroxylation is 2. The summed E-state index contributed by atoms with van der Waals surface area (Å²) >= 11 is 0. The number of carbonyl (C=O) groups excluding carboxylic acids is 1. The number of unbranched alkanes of at least 4 members (excludes halogenated alkanes) is 1. The van der Waals surface area contributed by atoms with Crippen LogP contribution in [0.3, 0.4) is 0 Å². The summed E-state index contributed by atoms with van der Waals surface area (Å²) in [7, 11) is 1.38. The molecule has 0 N–H and O–H groups in total. The van der Waals surface area contributed by atoms with Crippen LogP contribution in [-0.2, 0) is 11.2 Å². The molecule has 0 saturated heterocycles. The third-order valence-electron chi connectivity index (χ3n) is 3.56. The Hall–Kier alpha value is -2.16. The van der Waals surface area contributed by atoms with Gasteiger partial charge in [-0.2, -0.15) is 0 Å². The van der Waals surface area contributed by atoms with Gasteiger partial charge in [-0.25, -0.2) is 4.79 Å². The SMILES string of the molecule is CCCCc1ccc(-c2ccc(C(=O)OC)c(C)n2)cc1. The van der Waals surface area contributed by atoms with Crippen molar-refractivity contribution >= 4 is 5.97 Å². The predicted molar refractivity (Wildman–Crippen MR) is 84.4 cm³/mol. The largest absolute Gasteiger partial charge is 0.465 e. The lowest BCUT2D eigenvalue weighted by atomic mass is 10.0. The summed E-state index contributed by atoms with van der Waals surface area (Å²) in [6, 6.07) is 12.1. The van der Waals surface area contributed by atoms with Crippen molar-refractivity contribution in [1.82, 2.24) is 4.98 Å². The van der Waals surface area contributed by atoms with Crippen molar-refractivity contribution in [2.45, 2.75) is 33.1 Å². The van der Waals surface area contributed by atoms with Crippen molar-refractivity contribution in [3.05, 3.63) is 53.2 Å². The monoisotopic (exact) mass is 283 g/mol. The van der Waals surface area contributed by atoms with Gasteiger partial charge in [0.25, 0.3) is 0 Å². The van der Waals surface area contributed by atoms with Crippen LogP contribution in [0.4, 0.5) is 0 Å². The van der Waals surface area contributed by atoms with Gasteiger partial charge in [0, 0.05) is 5.56 Å². The molecule has 21 heavy (non-hydrogen) atoms. The number of carbonyl (C=O) groups is 1. The summed E-state index contributed by atoms with van der Waals surface area (Å²) < 4.78 is 4.74. The summed E-state index contributed by atoms with van der Waals surface area (Å²) in [6.07, 6.45) is 3.53. The van der Waals surface area contributed by atoms with E-state index >= 15 is 0 Å². The number of esters is 1. The molecular weight excluding hydrogens is 262 g/mol. The number of hydrogen-bond acceptors (Lipinski definition) is 3. The molecule has 3 heteroatoms. The van der Waals surface area contributed by atoms with Crippen LogP contribution < -0.4 is 0 Å². The summed E-state index contributed by atoms with van der Waals surface area (Å²) in [5.74, 6) is -0.346. The Kier molecular flexibility index (Phi) is 5.09. The van der Waals surface area contributed by atoms with Gasteiger partial charge in [0.2, 0.25) is 0 Å². The summed E-state index contributed by atoms with van der Waals surface area (Å²) in [5, 5.41) is 0. The number of pyridine rings is 1.